The van der Waals surface area contributed by atoms with Crippen LogP contribution in [0.5, 0.6) is 0 Å². The minimum absolute atomic E-state index is 0.801. The largest absolute Gasteiger partial charge is 0.381 e. The van der Waals surface area contributed by atoms with Crippen molar-refractivity contribution in [1.82, 2.24) is 0 Å². The molecule has 2 unspecified atom stereocenters. The fraction of sp³-hybridized carbons (Fsp3) is 1.00. The number of rotatable bonds is 2. The van der Waals surface area contributed by atoms with Crippen LogP contribution >= 0.6 is 0 Å². The van der Waals surface area contributed by atoms with Crippen LogP contribution < -0.4 is 0 Å². The molecule has 0 saturated carbocycles. The minimum Gasteiger partial charge on any atom is -0.381 e. The molecule has 0 aromatic rings. The summed E-state index contributed by atoms with van der Waals surface area (Å²) < 4.78 is 10.8. The lowest BCUT2D eigenvalue weighted by atomic mass is 9.82. The van der Waals surface area contributed by atoms with Crippen molar-refractivity contribution in [3.8, 4) is 0 Å². The van der Waals surface area contributed by atoms with E-state index in [1.54, 1.807) is 0 Å². The minimum atomic E-state index is 0.801. The lowest BCUT2D eigenvalue weighted by Gasteiger charge is -2.22. The van der Waals surface area contributed by atoms with Gasteiger partial charge in [0.05, 0.1) is 0 Å². The third kappa shape index (κ3) is 1.64. The van der Waals surface area contributed by atoms with E-state index in [-0.39, 0.29) is 0 Å². The van der Waals surface area contributed by atoms with Crippen molar-refractivity contribution < 1.29 is 9.47 Å². The van der Waals surface area contributed by atoms with Crippen molar-refractivity contribution in [3.63, 3.8) is 0 Å². The molecule has 0 radical (unpaired) electrons. The van der Waals surface area contributed by atoms with Crippen molar-refractivity contribution in [2.24, 2.45) is 17.8 Å². The Hall–Kier alpha value is -0.0800. The first-order valence-corrected chi connectivity index (χ1v) is 5.03. The van der Waals surface area contributed by atoms with Crippen molar-refractivity contribution in [3.05, 3.63) is 0 Å². The summed E-state index contributed by atoms with van der Waals surface area (Å²) in [5.41, 5.74) is 0. The lowest BCUT2D eigenvalue weighted by Crippen LogP contribution is -2.21. The summed E-state index contributed by atoms with van der Waals surface area (Å²) in [5, 5.41) is 0. The van der Waals surface area contributed by atoms with Gasteiger partial charge in [-0.25, -0.2) is 0 Å². The topological polar surface area (TPSA) is 18.5 Å². The molecular weight excluding hydrogens is 152 g/mol. The predicted molar refractivity (Wildman–Crippen MR) is 47.0 cm³/mol. The first-order chi connectivity index (χ1) is 5.88. The van der Waals surface area contributed by atoms with Gasteiger partial charge in [0.1, 0.15) is 0 Å². The van der Waals surface area contributed by atoms with Crippen LogP contribution in [-0.2, 0) is 9.47 Å². The van der Waals surface area contributed by atoms with Gasteiger partial charge < -0.3 is 9.47 Å². The van der Waals surface area contributed by atoms with Gasteiger partial charge in [0.25, 0.3) is 0 Å². The second kappa shape index (κ2) is 3.75. The van der Waals surface area contributed by atoms with Crippen molar-refractivity contribution in [2.45, 2.75) is 19.8 Å². The SMILES string of the molecule is CC(C1CCOC1)C1CCOC1. The van der Waals surface area contributed by atoms with Crippen LogP contribution in [0.15, 0.2) is 0 Å². The summed E-state index contributed by atoms with van der Waals surface area (Å²) >= 11 is 0. The smallest absolute Gasteiger partial charge is 0.0497 e. The summed E-state index contributed by atoms with van der Waals surface area (Å²) in [7, 11) is 0. The van der Waals surface area contributed by atoms with Gasteiger partial charge in [-0.05, 0) is 30.6 Å². The molecule has 2 nitrogen and oxygen atoms in total. The summed E-state index contributed by atoms with van der Waals surface area (Å²) in [4.78, 5) is 0. The molecule has 0 aliphatic carbocycles. The molecule has 0 bridgehead atoms. The molecule has 0 aromatic heterocycles. The lowest BCUT2D eigenvalue weighted by molar-refractivity contribution is 0.140. The molecule has 2 aliphatic heterocycles. The fourth-order valence-electron chi connectivity index (χ4n) is 2.32. The fourth-order valence-corrected chi connectivity index (χ4v) is 2.32. The second-order valence-corrected chi connectivity index (χ2v) is 4.11. The second-order valence-electron chi connectivity index (χ2n) is 4.11. The molecule has 2 heteroatoms. The van der Waals surface area contributed by atoms with Gasteiger partial charge in [0.2, 0.25) is 0 Å². The maximum atomic E-state index is 5.40. The normalized spacial score (nSPS) is 38.8. The maximum Gasteiger partial charge on any atom is 0.0497 e. The quantitative estimate of drug-likeness (QED) is 0.628. The van der Waals surface area contributed by atoms with Crippen LogP contribution in [0.4, 0.5) is 0 Å². The van der Waals surface area contributed by atoms with Crippen LogP contribution in [-0.4, -0.2) is 26.4 Å². The Morgan fingerprint density at radius 2 is 1.50 bits per heavy atom. The highest BCUT2D eigenvalue weighted by molar-refractivity contribution is 4.78. The van der Waals surface area contributed by atoms with Crippen molar-refractivity contribution >= 4 is 0 Å². The molecule has 70 valence electrons. The molecule has 0 amide bonds. The Balaban J connectivity index is 1.84. The highest BCUT2D eigenvalue weighted by Gasteiger charge is 2.30. The number of hydrogen-bond donors (Lipinski definition) is 0. The molecule has 2 saturated heterocycles. The van der Waals surface area contributed by atoms with Crippen LogP contribution in [0.25, 0.3) is 0 Å². The Labute approximate surface area is 74.2 Å². The highest BCUT2D eigenvalue weighted by Crippen LogP contribution is 2.32. The first-order valence-electron chi connectivity index (χ1n) is 5.03. The Morgan fingerprint density at radius 1 is 1.00 bits per heavy atom. The van der Waals surface area contributed by atoms with E-state index in [9.17, 15) is 0 Å². The number of ether oxygens (including phenoxy) is 2. The highest BCUT2D eigenvalue weighted by atomic mass is 16.5. The molecular formula is C10H18O2. The van der Waals surface area contributed by atoms with Gasteiger partial charge in [-0.15, -0.1) is 0 Å². The van der Waals surface area contributed by atoms with E-state index in [0.29, 0.717) is 0 Å². The van der Waals surface area contributed by atoms with E-state index in [0.717, 1.165) is 44.2 Å². The zero-order valence-corrected chi connectivity index (χ0v) is 7.79. The van der Waals surface area contributed by atoms with Gasteiger partial charge in [-0.1, -0.05) is 6.92 Å². The van der Waals surface area contributed by atoms with Gasteiger partial charge in [0.15, 0.2) is 0 Å². The Morgan fingerprint density at radius 3 is 1.83 bits per heavy atom. The molecule has 2 rings (SSSR count). The third-order valence-electron chi connectivity index (χ3n) is 3.42. The first kappa shape index (κ1) is 8.52. The molecule has 0 spiro atoms. The summed E-state index contributed by atoms with van der Waals surface area (Å²) in [6.45, 7) is 6.28. The van der Waals surface area contributed by atoms with Gasteiger partial charge >= 0.3 is 0 Å². The predicted octanol–water partition coefficient (Wildman–Crippen LogP) is 1.70. The zero-order valence-electron chi connectivity index (χ0n) is 7.79. The van der Waals surface area contributed by atoms with Crippen LogP contribution in [0.2, 0.25) is 0 Å². The monoisotopic (exact) mass is 170 g/mol. The van der Waals surface area contributed by atoms with Crippen LogP contribution in [0, 0.1) is 17.8 Å². The van der Waals surface area contributed by atoms with E-state index in [2.05, 4.69) is 6.92 Å². The standard InChI is InChI=1S/C10H18O2/c1-8(9-2-4-11-6-9)10-3-5-12-7-10/h8-10H,2-7H2,1H3. The van der Waals surface area contributed by atoms with Crippen molar-refractivity contribution in [1.29, 1.82) is 0 Å². The summed E-state index contributed by atoms with van der Waals surface area (Å²) in [6, 6.07) is 0. The molecule has 0 aromatic carbocycles. The van der Waals surface area contributed by atoms with Gasteiger partial charge in [-0.2, -0.15) is 0 Å². The van der Waals surface area contributed by atoms with E-state index < -0.39 is 0 Å². The summed E-state index contributed by atoms with van der Waals surface area (Å²) in [6.07, 6.45) is 2.52. The van der Waals surface area contributed by atoms with E-state index >= 15 is 0 Å². The van der Waals surface area contributed by atoms with Gasteiger partial charge in [-0.3, -0.25) is 0 Å². The Kier molecular flexibility index (Phi) is 2.66. The maximum absolute atomic E-state index is 5.40. The molecule has 0 N–H and O–H groups in total. The zero-order chi connectivity index (χ0) is 8.39. The molecule has 12 heavy (non-hydrogen) atoms. The molecule has 2 heterocycles. The van der Waals surface area contributed by atoms with E-state index in [1.165, 1.54) is 12.8 Å². The number of hydrogen-bond acceptors (Lipinski definition) is 2. The van der Waals surface area contributed by atoms with Crippen molar-refractivity contribution in [2.75, 3.05) is 26.4 Å². The average molecular weight is 170 g/mol. The average Bonchev–Trinajstić information content (AvgIpc) is 2.77. The summed E-state index contributed by atoms with van der Waals surface area (Å²) in [5.74, 6) is 2.41. The van der Waals surface area contributed by atoms with E-state index in [4.69, 9.17) is 9.47 Å². The van der Waals surface area contributed by atoms with Gasteiger partial charge in [0, 0.05) is 26.4 Å². The Bertz CT molecular complexity index is 119. The van der Waals surface area contributed by atoms with Crippen LogP contribution in [0.1, 0.15) is 19.8 Å². The third-order valence-corrected chi connectivity index (χ3v) is 3.42. The molecule has 2 atom stereocenters. The molecule has 2 aliphatic rings. The van der Waals surface area contributed by atoms with E-state index in [1.807, 2.05) is 0 Å². The molecule has 2 fully saturated rings. The van der Waals surface area contributed by atoms with Crippen LogP contribution in [0.3, 0.4) is 0 Å².